The average molecular weight is 281 g/mol. The molecule has 1 heterocycles. The van der Waals surface area contributed by atoms with Crippen LogP contribution in [0, 0.1) is 5.92 Å². The number of rotatable bonds is 3. The molecule has 1 amide bonds. The van der Waals surface area contributed by atoms with Gasteiger partial charge in [-0.3, -0.25) is 9.59 Å². The van der Waals surface area contributed by atoms with E-state index in [9.17, 15) is 9.59 Å². The van der Waals surface area contributed by atoms with Crippen molar-refractivity contribution >= 4 is 11.9 Å². The number of morpholine rings is 1. The van der Waals surface area contributed by atoms with Gasteiger partial charge in [0.1, 0.15) is 0 Å². The maximum atomic E-state index is 12.2. The maximum Gasteiger partial charge on any atom is 0.306 e. The van der Waals surface area contributed by atoms with Crippen LogP contribution >= 0.6 is 0 Å². The van der Waals surface area contributed by atoms with E-state index < -0.39 is 5.97 Å². The van der Waals surface area contributed by atoms with Crippen molar-refractivity contribution in [3.63, 3.8) is 0 Å². The number of carboxylic acid groups (broad SMARTS) is 1. The lowest BCUT2D eigenvalue weighted by Crippen LogP contribution is -2.45. The monoisotopic (exact) mass is 281 g/mol. The highest BCUT2D eigenvalue weighted by Crippen LogP contribution is 2.27. The number of aliphatic carboxylic acids is 1. The summed E-state index contributed by atoms with van der Waals surface area (Å²) in [5.41, 5.74) is 1.23. The van der Waals surface area contributed by atoms with Crippen LogP contribution < -0.4 is 0 Å². The summed E-state index contributed by atoms with van der Waals surface area (Å²) < 4.78 is 5.38. The summed E-state index contributed by atoms with van der Waals surface area (Å²) in [7, 11) is 0. The van der Waals surface area contributed by atoms with Gasteiger partial charge < -0.3 is 14.7 Å². The van der Waals surface area contributed by atoms with Gasteiger partial charge in [0.25, 0.3) is 0 Å². The van der Waals surface area contributed by atoms with E-state index in [0.29, 0.717) is 19.7 Å². The molecule has 1 atom stereocenters. The SMILES string of the molecule is CC1CCC(=CC(=O)N2CCO[C@@H](CC(=O)O)C2)CC1. The molecular weight excluding hydrogens is 258 g/mol. The molecule has 0 aromatic carbocycles. The average Bonchev–Trinajstić information content (AvgIpc) is 2.41. The molecule has 1 saturated carbocycles. The third kappa shape index (κ3) is 4.34. The highest BCUT2D eigenvalue weighted by molar-refractivity contribution is 5.88. The first-order valence-electron chi connectivity index (χ1n) is 7.36. The number of carbonyl (C=O) groups excluding carboxylic acids is 1. The van der Waals surface area contributed by atoms with Gasteiger partial charge >= 0.3 is 5.97 Å². The molecule has 1 aliphatic heterocycles. The number of nitrogens with zero attached hydrogens (tertiary/aromatic N) is 1. The molecule has 1 N–H and O–H groups in total. The Kier molecular flexibility index (Phi) is 5.17. The second-order valence-electron chi connectivity index (χ2n) is 5.86. The van der Waals surface area contributed by atoms with Crippen LogP contribution in [0.1, 0.15) is 39.0 Å². The Bertz CT molecular complexity index is 395. The summed E-state index contributed by atoms with van der Waals surface area (Å²) in [5.74, 6) is -0.122. The number of amides is 1. The summed E-state index contributed by atoms with van der Waals surface area (Å²) in [6, 6.07) is 0. The summed E-state index contributed by atoms with van der Waals surface area (Å²) >= 11 is 0. The molecule has 1 aliphatic carbocycles. The molecule has 0 aromatic heterocycles. The summed E-state index contributed by atoms with van der Waals surface area (Å²) in [6.07, 6.45) is 5.67. The van der Waals surface area contributed by atoms with Gasteiger partial charge in [-0.1, -0.05) is 12.5 Å². The van der Waals surface area contributed by atoms with Crippen LogP contribution in [0.15, 0.2) is 11.6 Å². The standard InChI is InChI=1S/C15H23NO4/c1-11-2-4-12(5-3-11)8-14(17)16-6-7-20-13(10-16)9-15(18)19/h8,11,13H,2-7,9-10H2,1H3,(H,18,19)/t11?,13-/m0/s1. The molecule has 2 aliphatic rings. The van der Waals surface area contributed by atoms with Crippen molar-refractivity contribution in [2.45, 2.75) is 45.1 Å². The zero-order valence-corrected chi connectivity index (χ0v) is 12.0. The van der Waals surface area contributed by atoms with E-state index in [1.54, 1.807) is 11.0 Å². The van der Waals surface area contributed by atoms with E-state index in [-0.39, 0.29) is 18.4 Å². The fourth-order valence-corrected chi connectivity index (χ4v) is 2.78. The second-order valence-corrected chi connectivity index (χ2v) is 5.86. The molecule has 0 radical (unpaired) electrons. The van der Waals surface area contributed by atoms with E-state index in [4.69, 9.17) is 9.84 Å². The quantitative estimate of drug-likeness (QED) is 0.801. The van der Waals surface area contributed by atoms with E-state index in [1.807, 2.05) is 0 Å². The van der Waals surface area contributed by atoms with Crippen LogP contribution in [0.4, 0.5) is 0 Å². The largest absolute Gasteiger partial charge is 0.481 e. The Morgan fingerprint density at radius 1 is 1.40 bits per heavy atom. The van der Waals surface area contributed by atoms with Crippen LogP contribution in [0.25, 0.3) is 0 Å². The van der Waals surface area contributed by atoms with Crippen LogP contribution in [-0.2, 0) is 14.3 Å². The van der Waals surface area contributed by atoms with Gasteiger partial charge in [0.2, 0.25) is 5.91 Å². The van der Waals surface area contributed by atoms with Crippen LogP contribution in [0.5, 0.6) is 0 Å². The minimum absolute atomic E-state index is 0.00763. The molecule has 20 heavy (non-hydrogen) atoms. The van der Waals surface area contributed by atoms with Crippen molar-refractivity contribution in [2.24, 2.45) is 5.92 Å². The first-order valence-corrected chi connectivity index (χ1v) is 7.36. The predicted molar refractivity (Wildman–Crippen MR) is 74.3 cm³/mol. The topological polar surface area (TPSA) is 66.8 Å². The molecule has 2 fully saturated rings. The zero-order chi connectivity index (χ0) is 14.5. The van der Waals surface area contributed by atoms with Crippen molar-refractivity contribution in [1.29, 1.82) is 0 Å². The van der Waals surface area contributed by atoms with Crippen molar-refractivity contribution in [2.75, 3.05) is 19.7 Å². The second kappa shape index (κ2) is 6.88. The molecule has 0 aromatic rings. The molecule has 0 spiro atoms. The first kappa shape index (κ1) is 15.0. The predicted octanol–water partition coefficient (Wildman–Crippen LogP) is 1.82. The summed E-state index contributed by atoms with van der Waals surface area (Å²) in [6.45, 7) is 3.60. The molecule has 5 heteroatoms. The zero-order valence-electron chi connectivity index (χ0n) is 12.0. The number of carbonyl (C=O) groups is 2. The van der Waals surface area contributed by atoms with Gasteiger partial charge in [-0.05, 0) is 31.6 Å². The molecule has 5 nitrogen and oxygen atoms in total. The Labute approximate surface area is 119 Å². The Balaban J connectivity index is 1.88. The molecule has 1 saturated heterocycles. The van der Waals surface area contributed by atoms with E-state index in [1.165, 1.54) is 5.57 Å². The first-order chi connectivity index (χ1) is 9.54. The van der Waals surface area contributed by atoms with Crippen LogP contribution in [-0.4, -0.2) is 47.7 Å². The third-order valence-corrected chi connectivity index (χ3v) is 4.10. The van der Waals surface area contributed by atoms with Crippen LogP contribution in [0.2, 0.25) is 0 Å². The Morgan fingerprint density at radius 3 is 2.75 bits per heavy atom. The number of allylic oxidation sites excluding steroid dienone is 1. The van der Waals surface area contributed by atoms with Gasteiger partial charge in [-0.25, -0.2) is 0 Å². The Hall–Kier alpha value is -1.36. The van der Waals surface area contributed by atoms with Crippen LogP contribution in [0.3, 0.4) is 0 Å². The van der Waals surface area contributed by atoms with Gasteiger partial charge in [0, 0.05) is 19.2 Å². The van der Waals surface area contributed by atoms with Crippen molar-refractivity contribution < 1.29 is 19.4 Å². The molecular formula is C15H23NO4. The maximum absolute atomic E-state index is 12.2. The minimum atomic E-state index is -0.885. The molecule has 0 unspecified atom stereocenters. The van der Waals surface area contributed by atoms with Crippen molar-refractivity contribution in [3.05, 3.63) is 11.6 Å². The Morgan fingerprint density at radius 2 is 2.10 bits per heavy atom. The normalized spacial score (nSPS) is 27.2. The molecule has 112 valence electrons. The lowest BCUT2D eigenvalue weighted by Gasteiger charge is -2.32. The lowest BCUT2D eigenvalue weighted by atomic mass is 9.87. The van der Waals surface area contributed by atoms with Crippen molar-refractivity contribution in [3.8, 4) is 0 Å². The van der Waals surface area contributed by atoms with E-state index in [2.05, 4.69) is 6.92 Å². The third-order valence-electron chi connectivity index (χ3n) is 4.10. The van der Waals surface area contributed by atoms with Gasteiger partial charge in [0.15, 0.2) is 0 Å². The number of ether oxygens (including phenoxy) is 1. The number of hydrogen-bond acceptors (Lipinski definition) is 3. The fourth-order valence-electron chi connectivity index (χ4n) is 2.78. The van der Waals surface area contributed by atoms with E-state index in [0.717, 1.165) is 31.6 Å². The van der Waals surface area contributed by atoms with Gasteiger partial charge in [-0.15, -0.1) is 0 Å². The lowest BCUT2D eigenvalue weighted by molar-refractivity contribution is -0.145. The van der Waals surface area contributed by atoms with Gasteiger partial charge in [0.05, 0.1) is 19.1 Å². The highest BCUT2D eigenvalue weighted by atomic mass is 16.5. The molecule has 2 rings (SSSR count). The smallest absolute Gasteiger partial charge is 0.306 e. The van der Waals surface area contributed by atoms with E-state index >= 15 is 0 Å². The minimum Gasteiger partial charge on any atom is -0.481 e. The number of carboxylic acids is 1. The van der Waals surface area contributed by atoms with Crippen molar-refractivity contribution in [1.82, 2.24) is 4.90 Å². The van der Waals surface area contributed by atoms with Gasteiger partial charge in [-0.2, -0.15) is 0 Å². The summed E-state index contributed by atoms with van der Waals surface area (Å²) in [4.78, 5) is 24.6. The highest BCUT2D eigenvalue weighted by Gasteiger charge is 2.25. The number of hydrogen-bond donors (Lipinski definition) is 1. The summed E-state index contributed by atoms with van der Waals surface area (Å²) in [5, 5.41) is 8.78. The molecule has 0 bridgehead atoms. The fraction of sp³-hybridized carbons (Fsp3) is 0.733.